The normalized spacial score (nSPS) is 11.8. The number of benzene rings is 7. The molecule has 3 nitrogen and oxygen atoms in total. The Bertz CT molecular complexity index is 3090. The summed E-state index contributed by atoms with van der Waals surface area (Å²) in [5.74, 6) is 0. The predicted octanol–water partition coefficient (Wildman–Crippen LogP) is 13.5. The van der Waals surface area contributed by atoms with Crippen LogP contribution in [0.3, 0.4) is 0 Å². The van der Waals surface area contributed by atoms with Crippen molar-refractivity contribution in [2.24, 2.45) is 0 Å². The molecule has 248 valence electrons. The highest BCUT2D eigenvalue weighted by Gasteiger charge is 2.20. The molecule has 11 rings (SSSR count). The van der Waals surface area contributed by atoms with Gasteiger partial charge < -0.3 is 9.13 Å². The molecule has 0 saturated heterocycles. The molecule has 0 amide bonds. The van der Waals surface area contributed by atoms with E-state index in [1.54, 1.807) is 0 Å². The number of thiophene rings is 1. The molecule has 0 fully saturated rings. The van der Waals surface area contributed by atoms with Crippen molar-refractivity contribution >= 4 is 64.2 Å². The fourth-order valence-electron chi connectivity index (χ4n) is 8.06. The third-order valence-corrected chi connectivity index (χ3v) is 11.7. The number of rotatable bonds is 5. The zero-order chi connectivity index (χ0) is 34.9. The van der Waals surface area contributed by atoms with Gasteiger partial charge in [-0.05, 0) is 77.9 Å². The Kier molecular flexibility index (Phi) is 6.73. The van der Waals surface area contributed by atoms with Gasteiger partial charge >= 0.3 is 0 Å². The van der Waals surface area contributed by atoms with E-state index < -0.39 is 0 Å². The molecule has 4 heteroatoms. The van der Waals surface area contributed by atoms with Gasteiger partial charge in [-0.3, -0.25) is 0 Å². The van der Waals surface area contributed by atoms with Gasteiger partial charge in [-0.2, -0.15) is 0 Å². The third kappa shape index (κ3) is 4.84. The average Bonchev–Trinajstić information content (AvgIpc) is 3.92. The van der Waals surface area contributed by atoms with Crippen LogP contribution in [0.15, 0.2) is 188 Å². The monoisotopic (exact) mass is 693 g/mol. The molecule has 4 aromatic heterocycles. The van der Waals surface area contributed by atoms with E-state index in [2.05, 4.69) is 197 Å². The van der Waals surface area contributed by atoms with Crippen molar-refractivity contribution in [3.8, 4) is 45.0 Å². The molecular weight excluding hydrogens is 663 g/mol. The minimum absolute atomic E-state index is 0.944. The van der Waals surface area contributed by atoms with Crippen LogP contribution in [0.4, 0.5) is 0 Å². The lowest BCUT2D eigenvalue weighted by Crippen LogP contribution is -1.97. The summed E-state index contributed by atoms with van der Waals surface area (Å²) in [5.41, 5.74) is 12.2. The summed E-state index contributed by atoms with van der Waals surface area (Å²) in [4.78, 5) is 5.29. The van der Waals surface area contributed by atoms with Crippen LogP contribution in [0.25, 0.3) is 97.9 Å². The number of hydrogen-bond donors (Lipinski definition) is 0. The number of fused-ring (bicyclic) bond motifs is 8. The second-order valence-corrected chi connectivity index (χ2v) is 14.7. The van der Waals surface area contributed by atoms with Crippen LogP contribution in [0.5, 0.6) is 0 Å². The number of para-hydroxylation sites is 1. The molecule has 0 unspecified atom stereocenters. The lowest BCUT2D eigenvalue weighted by molar-refractivity contribution is 1.13. The molecule has 0 saturated carbocycles. The van der Waals surface area contributed by atoms with E-state index in [4.69, 9.17) is 4.98 Å². The number of pyridine rings is 1. The van der Waals surface area contributed by atoms with Crippen LogP contribution in [0.2, 0.25) is 0 Å². The number of hydrogen-bond acceptors (Lipinski definition) is 2. The molecule has 0 N–H and O–H groups in total. The van der Waals surface area contributed by atoms with Crippen LogP contribution >= 0.6 is 11.3 Å². The first-order valence-electron chi connectivity index (χ1n) is 18.0. The highest BCUT2D eigenvalue weighted by molar-refractivity contribution is 7.25. The first-order valence-corrected chi connectivity index (χ1v) is 18.8. The van der Waals surface area contributed by atoms with Crippen molar-refractivity contribution in [2.45, 2.75) is 0 Å². The summed E-state index contributed by atoms with van der Waals surface area (Å²) >= 11 is 1.87. The van der Waals surface area contributed by atoms with Gasteiger partial charge in [0.25, 0.3) is 0 Å². The van der Waals surface area contributed by atoms with E-state index in [0.29, 0.717) is 0 Å². The van der Waals surface area contributed by atoms with Gasteiger partial charge in [-0.1, -0.05) is 115 Å². The quantitative estimate of drug-likeness (QED) is 0.176. The maximum absolute atomic E-state index is 5.29. The van der Waals surface area contributed by atoms with Gasteiger partial charge in [-0.15, -0.1) is 11.3 Å². The molecule has 0 atom stereocenters. The van der Waals surface area contributed by atoms with Crippen molar-refractivity contribution in [3.05, 3.63) is 188 Å². The van der Waals surface area contributed by atoms with Crippen molar-refractivity contribution in [1.82, 2.24) is 14.1 Å². The molecule has 0 bridgehead atoms. The fourth-order valence-corrected chi connectivity index (χ4v) is 9.19. The Morgan fingerprint density at radius 3 is 1.87 bits per heavy atom. The molecule has 0 radical (unpaired) electrons. The molecular formula is C49H31N3S. The lowest BCUT2D eigenvalue weighted by Gasteiger charge is -2.13. The van der Waals surface area contributed by atoms with E-state index in [-0.39, 0.29) is 0 Å². The summed E-state index contributed by atoms with van der Waals surface area (Å²) < 4.78 is 7.40. The molecule has 4 heterocycles. The SMILES string of the molecule is c1ccc(-c2cc(-c3ccccc3)nc(-c3cccc(-n4c5cc6c(cc5c5ccc7c(ccn7-c7ccccc7)c54)sc4ccccc46)c3)c2)cc1. The largest absolute Gasteiger partial charge is 0.316 e. The summed E-state index contributed by atoms with van der Waals surface area (Å²) in [6.45, 7) is 0. The maximum Gasteiger partial charge on any atom is 0.0716 e. The van der Waals surface area contributed by atoms with Crippen molar-refractivity contribution < 1.29 is 0 Å². The second-order valence-electron chi connectivity index (χ2n) is 13.6. The second kappa shape index (κ2) is 11.9. The molecule has 0 aliphatic heterocycles. The fraction of sp³-hybridized carbons (Fsp3) is 0. The van der Waals surface area contributed by atoms with Gasteiger partial charge in [-0.25, -0.2) is 4.98 Å². The predicted molar refractivity (Wildman–Crippen MR) is 225 cm³/mol. The van der Waals surface area contributed by atoms with Crippen molar-refractivity contribution in [3.63, 3.8) is 0 Å². The summed E-state index contributed by atoms with van der Waals surface area (Å²) in [6, 6.07) is 65.5. The molecule has 0 spiro atoms. The van der Waals surface area contributed by atoms with E-state index >= 15 is 0 Å². The highest BCUT2D eigenvalue weighted by atomic mass is 32.1. The summed E-state index contributed by atoms with van der Waals surface area (Å²) in [6.07, 6.45) is 2.20. The van der Waals surface area contributed by atoms with Crippen LogP contribution in [-0.2, 0) is 0 Å². The Morgan fingerprint density at radius 2 is 1.06 bits per heavy atom. The van der Waals surface area contributed by atoms with E-state index in [1.165, 1.54) is 58.4 Å². The van der Waals surface area contributed by atoms with Gasteiger partial charge in [0.2, 0.25) is 0 Å². The standard InChI is InChI=1S/C49H31N3S/c1-4-13-32(14-5-1)35-28-43(33-15-6-2-7-16-33)50-44(29-35)34-17-12-20-37(27-34)52-46-30-42-38-21-10-11-22-47(38)53-48(42)31-41(46)39-23-24-45-40(49(39)52)25-26-51(45)36-18-8-3-9-19-36/h1-31H. The number of aromatic nitrogens is 3. The van der Waals surface area contributed by atoms with Crippen molar-refractivity contribution in [1.29, 1.82) is 0 Å². The minimum atomic E-state index is 0.944. The summed E-state index contributed by atoms with van der Waals surface area (Å²) in [7, 11) is 0. The van der Waals surface area contributed by atoms with E-state index in [9.17, 15) is 0 Å². The lowest BCUT2D eigenvalue weighted by atomic mass is 10.00. The molecule has 0 aliphatic carbocycles. The maximum atomic E-state index is 5.29. The molecule has 7 aromatic carbocycles. The van der Waals surface area contributed by atoms with Gasteiger partial charge in [0.05, 0.1) is 27.9 Å². The summed E-state index contributed by atoms with van der Waals surface area (Å²) in [5, 5.41) is 6.32. The Balaban J connectivity index is 1.19. The van der Waals surface area contributed by atoms with Gasteiger partial charge in [0.15, 0.2) is 0 Å². The van der Waals surface area contributed by atoms with Crippen LogP contribution in [0.1, 0.15) is 0 Å². The van der Waals surface area contributed by atoms with Gasteiger partial charge in [0.1, 0.15) is 0 Å². The smallest absolute Gasteiger partial charge is 0.0716 e. The minimum Gasteiger partial charge on any atom is -0.316 e. The zero-order valence-electron chi connectivity index (χ0n) is 28.6. The van der Waals surface area contributed by atoms with Gasteiger partial charge in [0, 0.05) is 65.0 Å². The molecule has 0 aliphatic rings. The van der Waals surface area contributed by atoms with Crippen LogP contribution < -0.4 is 0 Å². The Hall–Kier alpha value is -6.75. The first-order chi connectivity index (χ1) is 26.3. The van der Waals surface area contributed by atoms with Crippen LogP contribution in [0, 0.1) is 0 Å². The third-order valence-electron chi connectivity index (χ3n) is 10.5. The average molecular weight is 694 g/mol. The number of nitrogens with zero attached hydrogens (tertiary/aromatic N) is 3. The zero-order valence-corrected chi connectivity index (χ0v) is 29.5. The Labute approximate surface area is 310 Å². The topological polar surface area (TPSA) is 22.8 Å². The highest BCUT2D eigenvalue weighted by Crippen LogP contribution is 2.43. The van der Waals surface area contributed by atoms with E-state index in [1.807, 2.05) is 11.3 Å². The molecule has 53 heavy (non-hydrogen) atoms. The first kappa shape index (κ1) is 29.9. The van der Waals surface area contributed by atoms with Crippen molar-refractivity contribution in [2.75, 3.05) is 0 Å². The Morgan fingerprint density at radius 1 is 0.377 bits per heavy atom. The van der Waals surface area contributed by atoms with E-state index in [0.717, 1.165) is 39.5 Å². The molecule has 11 aromatic rings. The van der Waals surface area contributed by atoms with Crippen LogP contribution in [-0.4, -0.2) is 14.1 Å².